The number of aryl methyl sites for hydroxylation is 1. The Hall–Kier alpha value is -2.55. The minimum absolute atomic E-state index is 0.196. The Morgan fingerprint density at radius 2 is 1.87 bits per heavy atom. The number of esters is 1. The van der Waals surface area contributed by atoms with E-state index in [9.17, 15) is 4.79 Å². The van der Waals surface area contributed by atoms with Gasteiger partial charge in [-0.05, 0) is 41.1 Å². The SMILES string of the molecule is CCc1ccc2c(ccn2CC(=O)OCCc2ccccc2)c1. The highest BCUT2D eigenvalue weighted by Crippen LogP contribution is 2.18. The molecule has 0 spiro atoms. The van der Waals surface area contributed by atoms with Crippen molar-refractivity contribution in [3.63, 3.8) is 0 Å². The van der Waals surface area contributed by atoms with Crippen molar-refractivity contribution in [3.8, 4) is 0 Å². The highest BCUT2D eigenvalue weighted by molar-refractivity contribution is 5.82. The Labute approximate surface area is 136 Å². The Morgan fingerprint density at radius 3 is 2.65 bits per heavy atom. The lowest BCUT2D eigenvalue weighted by molar-refractivity contribution is -0.144. The standard InChI is InChI=1S/C20H21NO2/c1-2-16-8-9-19-18(14-16)10-12-21(19)15-20(22)23-13-11-17-6-4-3-5-7-17/h3-10,12,14H,2,11,13,15H2,1H3. The van der Waals surface area contributed by atoms with Crippen molar-refractivity contribution in [1.82, 2.24) is 4.57 Å². The van der Waals surface area contributed by atoms with Crippen LogP contribution in [0.25, 0.3) is 10.9 Å². The van der Waals surface area contributed by atoms with E-state index in [1.165, 1.54) is 16.5 Å². The fourth-order valence-electron chi connectivity index (χ4n) is 2.72. The number of aromatic nitrogens is 1. The molecule has 0 saturated heterocycles. The molecule has 0 N–H and O–H groups in total. The molecule has 0 fully saturated rings. The van der Waals surface area contributed by atoms with Gasteiger partial charge < -0.3 is 9.30 Å². The molecule has 0 bridgehead atoms. The average Bonchev–Trinajstić information content (AvgIpc) is 2.98. The first-order valence-electron chi connectivity index (χ1n) is 8.03. The second-order valence-corrected chi connectivity index (χ2v) is 5.65. The fraction of sp³-hybridized carbons (Fsp3) is 0.250. The number of fused-ring (bicyclic) bond motifs is 1. The van der Waals surface area contributed by atoms with Gasteiger partial charge in [-0.15, -0.1) is 0 Å². The third kappa shape index (κ3) is 3.81. The third-order valence-corrected chi connectivity index (χ3v) is 4.04. The summed E-state index contributed by atoms with van der Waals surface area (Å²) in [6.07, 6.45) is 3.71. The molecule has 0 radical (unpaired) electrons. The third-order valence-electron chi connectivity index (χ3n) is 4.04. The van der Waals surface area contributed by atoms with Crippen molar-refractivity contribution < 1.29 is 9.53 Å². The maximum absolute atomic E-state index is 12.0. The summed E-state index contributed by atoms with van der Waals surface area (Å²) in [5.74, 6) is -0.196. The van der Waals surface area contributed by atoms with E-state index in [4.69, 9.17) is 4.74 Å². The Bertz CT molecular complexity index is 790. The second kappa shape index (κ2) is 7.14. The molecule has 3 rings (SSSR count). The van der Waals surface area contributed by atoms with Gasteiger partial charge in [0.15, 0.2) is 0 Å². The summed E-state index contributed by atoms with van der Waals surface area (Å²) in [4.78, 5) is 12.0. The molecule has 3 heteroatoms. The number of carbonyl (C=O) groups is 1. The Balaban J connectivity index is 1.57. The molecule has 3 aromatic rings. The topological polar surface area (TPSA) is 31.2 Å². The molecular weight excluding hydrogens is 286 g/mol. The zero-order chi connectivity index (χ0) is 16.1. The van der Waals surface area contributed by atoms with Gasteiger partial charge in [-0.2, -0.15) is 0 Å². The van der Waals surface area contributed by atoms with Crippen LogP contribution in [0.3, 0.4) is 0 Å². The van der Waals surface area contributed by atoms with Crippen LogP contribution in [0.5, 0.6) is 0 Å². The smallest absolute Gasteiger partial charge is 0.325 e. The van der Waals surface area contributed by atoms with Crippen molar-refractivity contribution in [2.45, 2.75) is 26.3 Å². The molecule has 0 aliphatic rings. The van der Waals surface area contributed by atoms with Gasteiger partial charge in [0.05, 0.1) is 6.61 Å². The lowest BCUT2D eigenvalue weighted by Gasteiger charge is -2.07. The van der Waals surface area contributed by atoms with Crippen molar-refractivity contribution in [2.24, 2.45) is 0 Å². The average molecular weight is 307 g/mol. The van der Waals surface area contributed by atoms with Crippen LogP contribution in [0.1, 0.15) is 18.1 Å². The summed E-state index contributed by atoms with van der Waals surface area (Å²) in [7, 11) is 0. The zero-order valence-corrected chi connectivity index (χ0v) is 13.4. The predicted molar refractivity (Wildman–Crippen MR) is 92.4 cm³/mol. The number of nitrogens with zero attached hydrogens (tertiary/aromatic N) is 1. The predicted octanol–water partition coefficient (Wildman–Crippen LogP) is 3.99. The van der Waals surface area contributed by atoms with Gasteiger partial charge in [0.25, 0.3) is 0 Å². The minimum Gasteiger partial charge on any atom is -0.464 e. The lowest BCUT2D eigenvalue weighted by atomic mass is 10.1. The van der Waals surface area contributed by atoms with E-state index < -0.39 is 0 Å². The van der Waals surface area contributed by atoms with Gasteiger partial charge in [0.2, 0.25) is 0 Å². The van der Waals surface area contributed by atoms with Crippen LogP contribution in [-0.2, 0) is 28.9 Å². The molecule has 3 nitrogen and oxygen atoms in total. The Kier molecular flexibility index (Phi) is 4.77. The molecule has 1 aromatic heterocycles. The zero-order valence-electron chi connectivity index (χ0n) is 13.4. The van der Waals surface area contributed by atoms with Crippen LogP contribution in [0.2, 0.25) is 0 Å². The van der Waals surface area contributed by atoms with Crippen LogP contribution in [-0.4, -0.2) is 17.1 Å². The number of carbonyl (C=O) groups excluding carboxylic acids is 1. The summed E-state index contributed by atoms with van der Waals surface area (Å²) in [6, 6.07) is 18.5. The molecule has 2 aromatic carbocycles. The van der Waals surface area contributed by atoms with Gasteiger partial charge in [0.1, 0.15) is 6.54 Å². The molecule has 0 amide bonds. The van der Waals surface area contributed by atoms with Crippen molar-refractivity contribution >= 4 is 16.9 Å². The molecule has 118 valence electrons. The molecule has 1 heterocycles. The van der Waals surface area contributed by atoms with Crippen molar-refractivity contribution in [2.75, 3.05) is 6.61 Å². The molecule has 0 saturated carbocycles. The van der Waals surface area contributed by atoms with Gasteiger partial charge in [0, 0.05) is 18.1 Å². The van der Waals surface area contributed by atoms with Gasteiger partial charge in [-0.25, -0.2) is 0 Å². The monoisotopic (exact) mass is 307 g/mol. The number of hydrogen-bond acceptors (Lipinski definition) is 2. The first kappa shape index (κ1) is 15.3. The first-order chi connectivity index (χ1) is 11.3. The van der Waals surface area contributed by atoms with Crippen LogP contribution < -0.4 is 0 Å². The Morgan fingerprint density at radius 1 is 1.04 bits per heavy atom. The number of hydrogen-bond donors (Lipinski definition) is 0. The molecule has 0 atom stereocenters. The number of rotatable bonds is 6. The van der Waals surface area contributed by atoms with Crippen LogP contribution in [0.4, 0.5) is 0 Å². The highest BCUT2D eigenvalue weighted by Gasteiger charge is 2.08. The summed E-state index contributed by atoms with van der Waals surface area (Å²) < 4.78 is 7.30. The maximum atomic E-state index is 12.0. The van der Waals surface area contributed by atoms with Gasteiger partial charge in [-0.3, -0.25) is 4.79 Å². The highest BCUT2D eigenvalue weighted by atomic mass is 16.5. The van der Waals surface area contributed by atoms with Crippen molar-refractivity contribution in [3.05, 3.63) is 71.9 Å². The summed E-state index contributed by atoms with van der Waals surface area (Å²) in [6.45, 7) is 2.81. The number of ether oxygens (including phenoxy) is 1. The summed E-state index contributed by atoms with van der Waals surface area (Å²) in [5, 5.41) is 1.17. The normalized spacial score (nSPS) is 10.8. The molecular formula is C20H21NO2. The van der Waals surface area contributed by atoms with E-state index in [0.717, 1.165) is 18.4 Å². The largest absolute Gasteiger partial charge is 0.464 e. The minimum atomic E-state index is -0.196. The number of benzene rings is 2. The molecule has 0 unspecified atom stereocenters. The molecule has 0 aliphatic heterocycles. The lowest BCUT2D eigenvalue weighted by Crippen LogP contribution is -2.14. The quantitative estimate of drug-likeness (QED) is 0.645. The summed E-state index contributed by atoms with van der Waals surface area (Å²) in [5.41, 5.74) is 3.56. The first-order valence-corrected chi connectivity index (χ1v) is 8.03. The van der Waals surface area contributed by atoms with E-state index in [0.29, 0.717) is 6.61 Å². The van der Waals surface area contributed by atoms with E-state index >= 15 is 0 Å². The van der Waals surface area contributed by atoms with Crippen LogP contribution in [0, 0.1) is 0 Å². The van der Waals surface area contributed by atoms with Crippen LogP contribution >= 0.6 is 0 Å². The van der Waals surface area contributed by atoms with Gasteiger partial charge in [-0.1, -0.05) is 43.3 Å². The van der Waals surface area contributed by atoms with E-state index in [1.54, 1.807) is 0 Å². The second-order valence-electron chi connectivity index (χ2n) is 5.65. The maximum Gasteiger partial charge on any atom is 0.325 e. The summed E-state index contributed by atoms with van der Waals surface area (Å²) >= 11 is 0. The van der Waals surface area contributed by atoms with Crippen LogP contribution in [0.15, 0.2) is 60.8 Å². The van der Waals surface area contributed by atoms with E-state index in [1.807, 2.05) is 47.2 Å². The van der Waals surface area contributed by atoms with Crippen molar-refractivity contribution in [1.29, 1.82) is 0 Å². The molecule has 23 heavy (non-hydrogen) atoms. The fourth-order valence-corrected chi connectivity index (χ4v) is 2.72. The van der Waals surface area contributed by atoms with E-state index in [2.05, 4.69) is 25.1 Å². The van der Waals surface area contributed by atoms with Gasteiger partial charge >= 0.3 is 5.97 Å². The molecule has 0 aliphatic carbocycles. The van der Waals surface area contributed by atoms with E-state index in [-0.39, 0.29) is 12.5 Å².